The molecule has 92 valence electrons. The van der Waals surface area contributed by atoms with Gasteiger partial charge in [-0.2, -0.15) is 0 Å². The molecule has 1 atom stereocenters. The third-order valence-electron chi connectivity index (χ3n) is 2.78. The van der Waals surface area contributed by atoms with Gasteiger partial charge in [-0.05, 0) is 6.92 Å². The number of esters is 2. The molecule has 0 bridgehead atoms. The Morgan fingerprint density at radius 3 is 3.06 bits per heavy atom. The van der Waals surface area contributed by atoms with Crippen LogP contribution in [0.2, 0.25) is 0 Å². The van der Waals surface area contributed by atoms with Crippen LogP contribution in [0.25, 0.3) is 0 Å². The van der Waals surface area contributed by atoms with Crippen molar-refractivity contribution in [1.82, 2.24) is 4.98 Å². The first-order chi connectivity index (χ1) is 8.19. The summed E-state index contributed by atoms with van der Waals surface area (Å²) in [4.78, 5) is 28.6. The van der Waals surface area contributed by atoms with Gasteiger partial charge in [-0.25, -0.2) is 0 Å². The van der Waals surface area contributed by atoms with Gasteiger partial charge < -0.3 is 9.47 Å². The van der Waals surface area contributed by atoms with Gasteiger partial charge in [-0.1, -0.05) is 0 Å². The molecule has 0 saturated carbocycles. The minimum absolute atomic E-state index is 0.260. The Kier molecular flexibility index (Phi) is 3.42. The van der Waals surface area contributed by atoms with Gasteiger partial charge in [0.1, 0.15) is 0 Å². The summed E-state index contributed by atoms with van der Waals surface area (Å²) in [7, 11) is 0. The standard InChI is InChI=1S/C11H13NO4S/c1-2-15-9(13)11(3-4-16-10(11)14)5-8-6-12-7-17-8/h6-7H,2-5H2,1H3. The Hall–Kier alpha value is -1.43. The molecule has 1 saturated heterocycles. The van der Waals surface area contributed by atoms with Crippen LogP contribution in [-0.4, -0.2) is 30.1 Å². The summed E-state index contributed by atoms with van der Waals surface area (Å²) in [6.45, 7) is 2.26. The van der Waals surface area contributed by atoms with Crippen molar-refractivity contribution in [2.75, 3.05) is 13.2 Å². The lowest BCUT2D eigenvalue weighted by Gasteiger charge is -2.21. The number of hydrogen-bond donors (Lipinski definition) is 0. The zero-order valence-electron chi connectivity index (χ0n) is 9.47. The second kappa shape index (κ2) is 4.83. The van der Waals surface area contributed by atoms with E-state index in [-0.39, 0.29) is 13.2 Å². The molecule has 1 aliphatic rings. The van der Waals surface area contributed by atoms with Crippen LogP contribution >= 0.6 is 11.3 Å². The van der Waals surface area contributed by atoms with Crippen molar-refractivity contribution < 1.29 is 19.1 Å². The van der Waals surface area contributed by atoms with Gasteiger partial charge in [0.15, 0.2) is 5.41 Å². The third kappa shape index (κ3) is 2.17. The molecule has 1 unspecified atom stereocenters. The fraction of sp³-hybridized carbons (Fsp3) is 0.545. The molecule has 0 aliphatic carbocycles. The highest BCUT2D eigenvalue weighted by molar-refractivity contribution is 7.09. The summed E-state index contributed by atoms with van der Waals surface area (Å²) < 4.78 is 9.92. The van der Waals surface area contributed by atoms with Crippen LogP contribution in [0.5, 0.6) is 0 Å². The van der Waals surface area contributed by atoms with Crippen molar-refractivity contribution in [2.45, 2.75) is 19.8 Å². The van der Waals surface area contributed by atoms with Crippen molar-refractivity contribution in [3.63, 3.8) is 0 Å². The van der Waals surface area contributed by atoms with Gasteiger partial charge in [-0.3, -0.25) is 14.6 Å². The summed E-state index contributed by atoms with van der Waals surface area (Å²) >= 11 is 1.42. The number of rotatable bonds is 4. The molecule has 1 fully saturated rings. The average molecular weight is 255 g/mol. The molecule has 0 aromatic carbocycles. The molecule has 0 radical (unpaired) electrons. The van der Waals surface area contributed by atoms with Crippen molar-refractivity contribution in [2.24, 2.45) is 5.41 Å². The fourth-order valence-electron chi connectivity index (χ4n) is 1.87. The molecule has 0 amide bonds. The predicted octanol–water partition coefficient (Wildman–Crippen LogP) is 1.18. The fourth-order valence-corrected chi connectivity index (χ4v) is 2.58. The number of carbonyl (C=O) groups excluding carboxylic acids is 2. The normalized spacial score (nSPS) is 23.5. The van der Waals surface area contributed by atoms with Gasteiger partial charge in [0.2, 0.25) is 0 Å². The number of carbonyl (C=O) groups is 2. The van der Waals surface area contributed by atoms with E-state index < -0.39 is 17.4 Å². The molecule has 1 aromatic heterocycles. The monoisotopic (exact) mass is 255 g/mol. The minimum Gasteiger partial charge on any atom is -0.465 e. The van der Waals surface area contributed by atoms with Gasteiger partial charge in [0.25, 0.3) is 0 Å². The van der Waals surface area contributed by atoms with Gasteiger partial charge in [0.05, 0.1) is 18.7 Å². The van der Waals surface area contributed by atoms with Crippen molar-refractivity contribution in [1.29, 1.82) is 0 Å². The van der Waals surface area contributed by atoms with Crippen LogP contribution in [0.3, 0.4) is 0 Å². The molecule has 0 spiro atoms. The number of nitrogens with zero attached hydrogens (tertiary/aromatic N) is 1. The Labute approximate surface area is 103 Å². The molecular formula is C11H13NO4S. The molecule has 5 nitrogen and oxygen atoms in total. The Bertz CT molecular complexity index is 417. The van der Waals surface area contributed by atoms with Crippen LogP contribution in [0.1, 0.15) is 18.2 Å². The van der Waals surface area contributed by atoms with Crippen LogP contribution < -0.4 is 0 Å². The average Bonchev–Trinajstić information content (AvgIpc) is 2.91. The molecule has 6 heteroatoms. The van der Waals surface area contributed by atoms with Crippen LogP contribution in [0, 0.1) is 5.41 Å². The van der Waals surface area contributed by atoms with E-state index in [0.717, 1.165) is 4.88 Å². The number of thiazole rings is 1. The highest BCUT2D eigenvalue weighted by Crippen LogP contribution is 2.36. The molecule has 0 N–H and O–H groups in total. The SMILES string of the molecule is CCOC(=O)C1(Cc2cncs2)CCOC1=O. The van der Waals surface area contributed by atoms with E-state index in [4.69, 9.17) is 9.47 Å². The van der Waals surface area contributed by atoms with Gasteiger partial charge in [0, 0.05) is 23.9 Å². The Balaban J connectivity index is 2.24. The van der Waals surface area contributed by atoms with Crippen LogP contribution in [0.15, 0.2) is 11.7 Å². The maximum Gasteiger partial charge on any atom is 0.324 e. The summed E-state index contributed by atoms with van der Waals surface area (Å²) in [5.41, 5.74) is 0.511. The lowest BCUT2D eigenvalue weighted by Crippen LogP contribution is -2.39. The third-order valence-corrected chi connectivity index (χ3v) is 3.56. The maximum absolute atomic E-state index is 12.0. The lowest BCUT2D eigenvalue weighted by atomic mass is 9.82. The maximum atomic E-state index is 12.0. The lowest BCUT2D eigenvalue weighted by molar-refractivity contribution is -0.164. The second-order valence-electron chi connectivity index (χ2n) is 3.83. The van der Waals surface area contributed by atoms with E-state index in [1.54, 1.807) is 18.6 Å². The molecule has 17 heavy (non-hydrogen) atoms. The summed E-state index contributed by atoms with van der Waals surface area (Å²) in [6.07, 6.45) is 2.36. The number of cyclic esters (lactones) is 1. The summed E-state index contributed by atoms with van der Waals surface area (Å²) in [5, 5.41) is 0. The van der Waals surface area contributed by atoms with E-state index >= 15 is 0 Å². The first kappa shape index (κ1) is 12.0. The van der Waals surface area contributed by atoms with E-state index in [2.05, 4.69) is 4.98 Å². The Morgan fingerprint density at radius 2 is 2.53 bits per heavy atom. The van der Waals surface area contributed by atoms with E-state index in [9.17, 15) is 9.59 Å². The van der Waals surface area contributed by atoms with E-state index in [1.807, 2.05) is 0 Å². The van der Waals surface area contributed by atoms with Crippen molar-refractivity contribution in [3.8, 4) is 0 Å². The first-order valence-electron chi connectivity index (χ1n) is 5.41. The van der Waals surface area contributed by atoms with Crippen molar-refractivity contribution in [3.05, 3.63) is 16.6 Å². The molecule has 2 rings (SSSR count). The largest absolute Gasteiger partial charge is 0.465 e. The minimum atomic E-state index is -1.16. The quantitative estimate of drug-likeness (QED) is 0.597. The van der Waals surface area contributed by atoms with Crippen LogP contribution in [0.4, 0.5) is 0 Å². The first-order valence-corrected chi connectivity index (χ1v) is 6.29. The Morgan fingerprint density at radius 1 is 1.71 bits per heavy atom. The highest BCUT2D eigenvalue weighted by atomic mass is 32.1. The van der Waals surface area contributed by atoms with Gasteiger partial charge in [-0.15, -0.1) is 11.3 Å². The summed E-state index contributed by atoms with van der Waals surface area (Å²) in [5.74, 6) is -0.972. The zero-order valence-corrected chi connectivity index (χ0v) is 10.3. The van der Waals surface area contributed by atoms with E-state index in [0.29, 0.717) is 12.8 Å². The molecule has 1 aromatic rings. The van der Waals surface area contributed by atoms with Crippen molar-refractivity contribution >= 4 is 23.3 Å². The smallest absolute Gasteiger partial charge is 0.324 e. The number of aromatic nitrogens is 1. The topological polar surface area (TPSA) is 65.5 Å². The molecule has 2 heterocycles. The molecule has 1 aliphatic heterocycles. The number of hydrogen-bond acceptors (Lipinski definition) is 6. The number of ether oxygens (including phenoxy) is 2. The second-order valence-corrected chi connectivity index (χ2v) is 4.80. The zero-order chi connectivity index (χ0) is 12.3. The van der Waals surface area contributed by atoms with E-state index in [1.165, 1.54) is 11.3 Å². The van der Waals surface area contributed by atoms with Gasteiger partial charge >= 0.3 is 11.9 Å². The summed E-state index contributed by atoms with van der Waals surface area (Å²) in [6, 6.07) is 0. The molecular weight excluding hydrogens is 242 g/mol. The predicted molar refractivity (Wildman–Crippen MR) is 60.5 cm³/mol. The van der Waals surface area contributed by atoms with Crippen LogP contribution in [-0.2, 0) is 25.5 Å². The highest BCUT2D eigenvalue weighted by Gasteiger charge is 2.52.